The van der Waals surface area contributed by atoms with Gasteiger partial charge in [-0.25, -0.2) is 4.79 Å². The normalized spacial score (nSPS) is 21.4. The summed E-state index contributed by atoms with van der Waals surface area (Å²) in [4.78, 5) is 50.2. The van der Waals surface area contributed by atoms with Crippen molar-refractivity contribution in [2.24, 2.45) is 5.73 Å². The number of fused-ring (bicyclic) bond motifs is 1. The number of amides is 2. The number of thioether (sulfide) groups is 1. The number of hydrogen-bond donors (Lipinski definition) is 4. The molecule has 1 aromatic rings. The predicted molar refractivity (Wildman–Crippen MR) is 119 cm³/mol. The highest BCUT2D eigenvalue weighted by Gasteiger charge is 2.54. The van der Waals surface area contributed by atoms with Crippen LogP contribution in [-0.4, -0.2) is 67.4 Å². The number of Topliss-reactive ketones (excluding diaryl/α,β-unsaturated/α-hetero) is 1. The fourth-order valence-electron chi connectivity index (χ4n) is 3.19. The Kier molecular flexibility index (Phi) is 6.96. The highest BCUT2D eigenvalue weighted by atomic mass is 32.2. The summed E-state index contributed by atoms with van der Waals surface area (Å²) >= 11 is 10.4. The van der Waals surface area contributed by atoms with Crippen LogP contribution in [0, 0.1) is 0 Å². The number of ketones is 1. The summed E-state index contributed by atoms with van der Waals surface area (Å²) in [7, 11) is 0. The van der Waals surface area contributed by atoms with Gasteiger partial charge >= 0.3 is 5.97 Å². The summed E-state index contributed by atoms with van der Waals surface area (Å²) in [5.74, 6) is -2.41. The van der Waals surface area contributed by atoms with Gasteiger partial charge in [0.1, 0.15) is 22.0 Å². The minimum absolute atomic E-state index is 0.0451. The van der Waals surface area contributed by atoms with E-state index in [-0.39, 0.29) is 34.3 Å². The number of thiol groups is 1. The van der Waals surface area contributed by atoms with Crippen LogP contribution in [0.2, 0.25) is 0 Å². The van der Waals surface area contributed by atoms with Crippen molar-refractivity contribution in [3.8, 4) is 0 Å². The molecule has 1 fully saturated rings. The molecule has 1 saturated heterocycles. The minimum atomic E-state index is -1.31. The SMILES string of the molecule is N[C@H](CS)C(=O)CC1=C(C(=O)O)N2C(=O)C(NC(=O)C(=S)c3ccccc3)[C@@H]2SC1. The first kappa shape index (κ1) is 22.5. The van der Waals surface area contributed by atoms with Gasteiger partial charge in [-0.15, -0.1) is 11.8 Å². The van der Waals surface area contributed by atoms with Crippen molar-refractivity contribution in [3.05, 3.63) is 47.2 Å². The van der Waals surface area contributed by atoms with Gasteiger partial charge in [-0.1, -0.05) is 42.5 Å². The second-order valence-corrected chi connectivity index (χ2v) is 8.62. The van der Waals surface area contributed by atoms with Crippen molar-refractivity contribution in [2.45, 2.75) is 23.9 Å². The lowest BCUT2D eigenvalue weighted by Gasteiger charge is -2.49. The van der Waals surface area contributed by atoms with E-state index >= 15 is 0 Å². The van der Waals surface area contributed by atoms with Gasteiger partial charge in [-0.2, -0.15) is 12.6 Å². The van der Waals surface area contributed by atoms with E-state index in [1.807, 2.05) is 0 Å². The Morgan fingerprint density at radius 3 is 2.60 bits per heavy atom. The maximum absolute atomic E-state index is 12.7. The summed E-state index contributed by atoms with van der Waals surface area (Å²) in [5, 5.41) is 11.7. The number of aliphatic carboxylic acids is 1. The fourth-order valence-corrected chi connectivity index (χ4v) is 4.93. The van der Waals surface area contributed by atoms with Crippen LogP contribution in [0.5, 0.6) is 0 Å². The molecule has 11 heteroatoms. The molecule has 3 atom stereocenters. The van der Waals surface area contributed by atoms with E-state index in [4.69, 9.17) is 18.0 Å². The molecule has 0 aromatic heterocycles. The number of rotatable bonds is 8. The van der Waals surface area contributed by atoms with E-state index in [0.717, 1.165) is 4.90 Å². The maximum Gasteiger partial charge on any atom is 0.352 e. The molecule has 2 amide bonds. The molecular formula is C19H19N3O5S3. The molecule has 0 radical (unpaired) electrons. The molecule has 0 aliphatic carbocycles. The van der Waals surface area contributed by atoms with Gasteiger partial charge in [0.15, 0.2) is 5.78 Å². The Labute approximate surface area is 187 Å². The van der Waals surface area contributed by atoms with Crippen LogP contribution in [-0.2, 0) is 19.2 Å². The van der Waals surface area contributed by atoms with E-state index in [0.29, 0.717) is 11.1 Å². The summed E-state index contributed by atoms with van der Waals surface area (Å²) in [6.45, 7) is 0. The van der Waals surface area contributed by atoms with Crippen molar-refractivity contribution in [1.29, 1.82) is 0 Å². The summed E-state index contributed by atoms with van der Waals surface area (Å²) in [6.07, 6.45) is -0.165. The summed E-state index contributed by atoms with van der Waals surface area (Å²) in [5.41, 5.74) is 6.32. The molecule has 8 nitrogen and oxygen atoms in total. The lowest BCUT2D eigenvalue weighted by atomic mass is 9.98. The molecule has 2 aliphatic rings. The van der Waals surface area contributed by atoms with Crippen molar-refractivity contribution < 1.29 is 24.3 Å². The molecule has 3 rings (SSSR count). The first-order valence-electron chi connectivity index (χ1n) is 8.95. The molecule has 158 valence electrons. The van der Waals surface area contributed by atoms with Gasteiger partial charge in [-0.05, 0) is 11.1 Å². The third-order valence-electron chi connectivity index (χ3n) is 4.78. The van der Waals surface area contributed by atoms with Gasteiger partial charge in [-0.3, -0.25) is 19.3 Å². The van der Waals surface area contributed by atoms with Crippen LogP contribution >= 0.6 is 36.6 Å². The lowest BCUT2D eigenvalue weighted by Crippen LogP contribution is -2.71. The zero-order valence-electron chi connectivity index (χ0n) is 15.6. The lowest BCUT2D eigenvalue weighted by molar-refractivity contribution is -0.150. The monoisotopic (exact) mass is 465 g/mol. The Morgan fingerprint density at radius 1 is 1.33 bits per heavy atom. The minimum Gasteiger partial charge on any atom is -0.477 e. The number of carboxylic acids is 1. The number of β-lactam (4-membered cyclic amide) rings is 1. The third kappa shape index (κ3) is 4.29. The summed E-state index contributed by atoms with van der Waals surface area (Å²) < 4.78 is 0. The average Bonchev–Trinajstić information content (AvgIpc) is 2.75. The van der Waals surface area contributed by atoms with Crippen LogP contribution in [0.15, 0.2) is 41.6 Å². The third-order valence-corrected chi connectivity index (χ3v) is 6.93. The van der Waals surface area contributed by atoms with Crippen LogP contribution in [0.1, 0.15) is 12.0 Å². The molecule has 30 heavy (non-hydrogen) atoms. The first-order valence-corrected chi connectivity index (χ1v) is 11.0. The molecular weight excluding hydrogens is 446 g/mol. The second-order valence-electron chi connectivity index (χ2n) is 6.75. The van der Waals surface area contributed by atoms with Crippen molar-refractivity contribution in [2.75, 3.05) is 11.5 Å². The first-order chi connectivity index (χ1) is 14.3. The van der Waals surface area contributed by atoms with Crippen LogP contribution in [0.25, 0.3) is 0 Å². The van der Waals surface area contributed by atoms with E-state index < -0.39 is 35.2 Å². The largest absolute Gasteiger partial charge is 0.477 e. The number of nitrogens with zero attached hydrogens (tertiary/aromatic N) is 1. The Bertz CT molecular complexity index is 950. The van der Waals surface area contributed by atoms with E-state index in [1.165, 1.54) is 11.8 Å². The van der Waals surface area contributed by atoms with Gasteiger partial charge in [0, 0.05) is 17.9 Å². The van der Waals surface area contributed by atoms with Crippen molar-refractivity contribution in [3.63, 3.8) is 0 Å². The number of nitrogens with two attached hydrogens (primary N) is 1. The predicted octanol–water partition coefficient (Wildman–Crippen LogP) is 0.360. The quantitative estimate of drug-likeness (QED) is 0.187. The van der Waals surface area contributed by atoms with Gasteiger partial charge in [0.25, 0.3) is 11.8 Å². The van der Waals surface area contributed by atoms with E-state index in [2.05, 4.69) is 17.9 Å². The highest BCUT2D eigenvalue weighted by Crippen LogP contribution is 2.41. The number of benzene rings is 1. The maximum atomic E-state index is 12.7. The second kappa shape index (κ2) is 9.29. The number of nitrogens with one attached hydrogen (secondary N) is 1. The number of carbonyl (C=O) groups excluding carboxylic acids is 3. The van der Waals surface area contributed by atoms with Crippen LogP contribution in [0.4, 0.5) is 0 Å². The Balaban J connectivity index is 1.74. The molecule has 2 aliphatic heterocycles. The fraction of sp³-hybridized carbons (Fsp3) is 0.316. The number of carboxylic acid groups (broad SMARTS) is 1. The molecule has 2 heterocycles. The Hall–Kier alpha value is -2.21. The number of hydrogen-bond acceptors (Lipinski definition) is 8. The van der Waals surface area contributed by atoms with E-state index in [1.54, 1.807) is 30.3 Å². The van der Waals surface area contributed by atoms with Crippen molar-refractivity contribution >= 4 is 65.0 Å². The van der Waals surface area contributed by atoms with Crippen LogP contribution < -0.4 is 11.1 Å². The number of carbonyl (C=O) groups is 4. The van der Waals surface area contributed by atoms with Crippen molar-refractivity contribution in [1.82, 2.24) is 10.2 Å². The standard InChI is InChI=1S/C19H19N3O5S3/c20-11(7-28)12(23)6-10-8-30-18-13(17(25)22(18)14(10)19(26)27)21-16(24)15(29)9-4-2-1-3-5-9/h1-5,11,13,18,28H,6-8,20H2,(H,21,24)(H,26,27)/t11-,13?,18+/m1/s1. The molecule has 0 saturated carbocycles. The number of thiocarbonyl (C=S) groups is 1. The van der Waals surface area contributed by atoms with Gasteiger partial charge < -0.3 is 16.2 Å². The molecule has 1 unspecified atom stereocenters. The molecule has 4 N–H and O–H groups in total. The Morgan fingerprint density at radius 2 is 2.00 bits per heavy atom. The molecule has 0 spiro atoms. The zero-order valence-corrected chi connectivity index (χ0v) is 18.1. The van der Waals surface area contributed by atoms with Gasteiger partial charge in [0.2, 0.25) is 0 Å². The smallest absolute Gasteiger partial charge is 0.352 e. The highest BCUT2D eigenvalue weighted by molar-refractivity contribution is 8.00. The average molecular weight is 466 g/mol. The zero-order chi connectivity index (χ0) is 22.0. The topological polar surface area (TPSA) is 130 Å². The molecule has 1 aromatic carbocycles. The van der Waals surface area contributed by atoms with Gasteiger partial charge in [0.05, 0.1) is 6.04 Å². The van der Waals surface area contributed by atoms with E-state index in [9.17, 15) is 24.3 Å². The summed E-state index contributed by atoms with van der Waals surface area (Å²) in [6, 6.07) is 6.96. The van der Waals surface area contributed by atoms with Crippen LogP contribution in [0.3, 0.4) is 0 Å². The molecule has 0 bridgehead atoms.